The fourth-order valence-electron chi connectivity index (χ4n) is 4.22. The Balaban J connectivity index is 1.32. The smallest absolute Gasteiger partial charge is 0.254 e. The lowest BCUT2D eigenvalue weighted by Gasteiger charge is -2.18. The van der Waals surface area contributed by atoms with Crippen LogP contribution in [0.25, 0.3) is 32.9 Å². The third kappa shape index (κ3) is 4.24. The molecule has 5 rings (SSSR count). The summed E-state index contributed by atoms with van der Waals surface area (Å²) < 4.78 is 1.75. The third-order valence-electron chi connectivity index (χ3n) is 5.96. The second-order valence-corrected chi connectivity index (χ2v) is 9.36. The van der Waals surface area contributed by atoms with E-state index in [1.807, 2.05) is 74.9 Å². The Morgan fingerprint density at radius 3 is 2.71 bits per heavy atom. The van der Waals surface area contributed by atoms with Crippen LogP contribution < -0.4 is 0 Å². The van der Waals surface area contributed by atoms with Gasteiger partial charge in [-0.1, -0.05) is 36.4 Å². The Labute approximate surface area is 202 Å². The summed E-state index contributed by atoms with van der Waals surface area (Å²) in [5, 5.41) is 14.9. The average Bonchev–Trinajstić information content (AvgIpc) is 3.60. The molecule has 5 aromatic rings. The summed E-state index contributed by atoms with van der Waals surface area (Å²) in [4.78, 5) is 21.1. The van der Waals surface area contributed by atoms with Gasteiger partial charge in [0.05, 0.1) is 32.9 Å². The summed E-state index contributed by atoms with van der Waals surface area (Å²) in [5.41, 5.74) is 6.08. The Morgan fingerprint density at radius 2 is 1.94 bits per heavy atom. The fraction of sp³-hybridized carbons (Fsp3) is 0.231. The maximum absolute atomic E-state index is 13.5. The number of hydrogen-bond donors (Lipinski definition) is 1. The van der Waals surface area contributed by atoms with Gasteiger partial charge in [0, 0.05) is 31.9 Å². The number of nitrogens with zero attached hydrogens (tertiary/aromatic N) is 5. The molecule has 0 spiro atoms. The molecule has 8 heteroatoms. The van der Waals surface area contributed by atoms with Gasteiger partial charge in [-0.25, -0.2) is 4.98 Å². The normalized spacial score (nSPS) is 11.3. The fourth-order valence-corrected chi connectivity index (χ4v) is 4.91. The van der Waals surface area contributed by atoms with Gasteiger partial charge in [0.15, 0.2) is 5.65 Å². The van der Waals surface area contributed by atoms with Crippen molar-refractivity contribution in [3.05, 3.63) is 76.9 Å². The molecule has 7 nitrogen and oxygen atoms in total. The Hall–Kier alpha value is -3.78. The number of H-pyrrole nitrogens is 1. The molecule has 0 radical (unpaired) electrons. The van der Waals surface area contributed by atoms with Crippen molar-refractivity contribution in [1.82, 2.24) is 29.9 Å². The van der Waals surface area contributed by atoms with E-state index in [-0.39, 0.29) is 5.91 Å². The molecule has 0 fully saturated rings. The zero-order chi connectivity index (χ0) is 23.7. The quantitative estimate of drug-likeness (QED) is 0.359. The molecule has 0 saturated carbocycles. The number of aromatic nitrogens is 5. The summed E-state index contributed by atoms with van der Waals surface area (Å²) in [7, 11) is 3.72. The number of thiophene rings is 1. The van der Waals surface area contributed by atoms with Gasteiger partial charge in [0.25, 0.3) is 5.91 Å². The molecular weight excluding hydrogens is 444 g/mol. The topological polar surface area (TPSA) is 79.7 Å². The average molecular weight is 471 g/mol. The van der Waals surface area contributed by atoms with E-state index in [4.69, 9.17) is 4.98 Å². The number of hydrogen-bond acceptors (Lipinski definition) is 5. The predicted octanol–water partition coefficient (Wildman–Crippen LogP) is 5.10. The molecule has 1 aromatic carbocycles. The van der Waals surface area contributed by atoms with Crippen LogP contribution >= 0.6 is 11.3 Å². The van der Waals surface area contributed by atoms with Gasteiger partial charge in [-0.15, -0.1) is 11.3 Å². The van der Waals surface area contributed by atoms with Crippen molar-refractivity contribution in [2.24, 2.45) is 7.05 Å². The maximum atomic E-state index is 13.5. The maximum Gasteiger partial charge on any atom is 0.254 e. The van der Waals surface area contributed by atoms with Gasteiger partial charge >= 0.3 is 0 Å². The minimum absolute atomic E-state index is 0.0177. The lowest BCUT2D eigenvalue weighted by Crippen LogP contribution is -2.28. The molecule has 0 aliphatic carbocycles. The highest BCUT2D eigenvalue weighted by atomic mass is 32.1. The van der Waals surface area contributed by atoms with Gasteiger partial charge in [-0.2, -0.15) is 10.2 Å². The SMILES string of the molecule is Cc1nn(C)c2nc(-c3cccs3)cc(C(=O)N(C)CCCc3cc(-c4ccccc4)n[nH]3)c12. The van der Waals surface area contributed by atoms with Crippen molar-refractivity contribution in [2.75, 3.05) is 13.6 Å². The predicted molar refractivity (Wildman–Crippen MR) is 136 cm³/mol. The number of aryl methyl sites for hydroxylation is 3. The molecule has 4 aromatic heterocycles. The van der Waals surface area contributed by atoms with Crippen molar-refractivity contribution < 1.29 is 4.79 Å². The summed E-state index contributed by atoms with van der Waals surface area (Å²) in [5.74, 6) is -0.0177. The lowest BCUT2D eigenvalue weighted by atomic mass is 10.1. The van der Waals surface area contributed by atoms with E-state index in [0.717, 1.165) is 57.1 Å². The summed E-state index contributed by atoms with van der Waals surface area (Å²) in [6.07, 6.45) is 1.65. The summed E-state index contributed by atoms with van der Waals surface area (Å²) >= 11 is 1.61. The van der Waals surface area contributed by atoms with Gasteiger partial charge < -0.3 is 4.90 Å². The molecule has 4 heterocycles. The summed E-state index contributed by atoms with van der Waals surface area (Å²) in [6, 6.07) is 18.1. The first-order chi connectivity index (χ1) is 16.5. The van der Waals surface area contributed by atoms with Crippen molar-refractivity contribution in [3.63, 3.8) is 0 Å². The largest absolute Gasteiger partial charge is 0.342 e. The number of aromatic amines is 1. The van der Waals surface area contributed by atoms with Crippen molar-refractivity contribution in [2.45, 2.75) is 19.8 Å². The highest BCUT2D eigenvalue weighted by Gasteiger charge is 2.22. The second kappa shape index (κ2) is 9.23. The van der Waals surface area contributed by atoms with E-state index >= 15 is 0 Å². The van der Waals surface area contributed by atoms with E-state index in [1.54, 1.807) is 20.9 Å². The van der Waals surface area contributed by atoms with Crippen LogP contribution in [0, 0.1) is 6.92 Å². The molecule has 0 aliphatic heterocycles. The number of nitrogens with one attached hydrogen (secondary N) is 1. The van der Waals surface area contributed by atoms with Crippen molar-refractivity contribution in [3.8, 4) is 21.8 Å². The third-order valence-corrected chi connectivity index (χ3v) is 6.85. The van der Waals surface area contributed by atoms with Gasteiger partial charge in [-0.3, -0.25) is 14.6 Å². The number of carbonyl (C=O) groups excluding carboxylic acids is 1. The highest BCUT2D eigenvalue weighted by molar-refractivity contribution is 7.13. The molecule has 0 atom stereocenters. The Kier molecular flexibility index (Phi) is 5.98. The van der Waals surface area contributed by atoms with Gasteiger partial charge in [0.2, 0.25) is 0 Å². The monoisotopic (exact) mass is 470 g/mol. The lowest BCUT2D eigenvalue weighted by molar-refractivity contribution is 0.0795. The molecular formula is C26H26N6OS. The van der Waals surface area contributed by atoms with Crippen LogP contribution in [0.15, 0.2) is 60.0 Å². The van der Waals surface area contributed by atoms with Crippen LogP contribution in [0.3, 0.4) is 0 Å². The zero-order valence-corrected chi connectivity index (χ0v) is 20.3. The number of fused-ring (bicyclic) bond motifs is 1. The minimum atomic E-state index is -0.0177. The minimum Gasteiger partial charge on any atom is -0.342 e. The zero-order valence-electron chi connectivity index (χ0n) is 19.4. The highest BCUT2D eigenvalue weighted by Crippen LogP contribution is 2.30. The first kappa shape index (κ1) is 22.0. The van der Waals surface area contributed by atoms with Crippen LogP contribution in [0.5, 0.6) is 0 Å². The Morgan fingerprint density at radius 1 is 1.12 bits per heavy atom. The molecule has 0 aliphatic rings. The molecule has 1 N–H and O–H groups in total. The van der Waals surface area contributed by atoms with Gasteiger partial charge in [0.1, 0.15) is 0 Å². The second-order valence-electron chi connectivity index (χ2n) is 8.41. The number of benzene rings is 1. The molecule has 0 saturated heterocycles. The van der Waals surface area contributed by atoms with Crippen LogP contribution in [0.1, 0.15) is 28.2 Å². The van der Waals surface area contributed by atoms with E-state index < -0.39 is 0 Å². The van der Waals surface area contributed by atoms with Crippen LogP contribution in [-0.2, 0) is 13.5 Å². The standard InChI is InChI=1S/C26H26N6OS/c1-17-24-20(16-22(23-12-8-14-34-23)27-25(24)32(3)30-17)26(33)31(2)13-7-11-19-15-21(29-28-19)18-9-5-4-6-10-18/h4-6,8-10,12,14-16H,7,11,13H2,1-3H3,(H,28,29). The number of amides is 1. The number of pyridine rings is 1. The van der Waals surface area contributed by atoms with Crippen molar-refractivity contribution in [1.29, 1.82) is 0 Å². The number of rotatable bonds is 7. The van der Waals surface area contributed by atoms with E-state index in [9.17, 15) is 4.79 Å². The van der Waals surface area contributed by atoms with Crippen LogP contribution in [-0.4, -0.2) is 49.4 Å². The molecule has 172 valence electrons. The van der Waals surface area contributed by atoms with E-state index in [2.05, 4.69) is 21.4 Å². The van der Waals surface area contributed by atoms with Crippen LogP contribution in [0.4, 0.5) is 0 Å². The Bertz CT molecular complexity index is 1440. The first-order valence-electron chi connectivity index (χ1n) is 11.2. The van der Waals surface area contributed by atoms with Crippen molar-refractivity contribution >= 4 is 28.3 Å². The molecule has 34 heavy (non-hydrogen) atoms. The summed E-state index contributed by atoms with van der Waals surface area (Å²) in [6.45, 7) is 2.56. The van der Waals surface area contributed by atoms with Gasteiger partial charge in [-0.05, 0) is 43.3 Å². The molecule has 0 unspecified atom stereocenters. The molecule has 1 amide bonds. The number of carbonyl (C=O) groups is 1. The molecule has 0 bridgehead atoms. The van der Waals surface area contributed by atoms with E-state index in [0.29, 0.717) is 12.1 Å². The van der Waals surface area contributed by atoms with E-state index in [1.165, 1.54) is 0 Å². The first-order valence-corrected chi connectivity index (χ1v) is 12.1. The van der Waals surface area contributed by atoms with Crippen LogP contribution in [0.2, 0.25) is 0 Å².